The molecular formula is C31H31N. The molecule has 160 valence electrons. The summed E-state index contributed by atoms with van der Waals surface area (Å²) in [5.74, 6) is 0. The molecule has 0 atom stereocenters. The van der Waals surface area contributed by atoms with Gasteiger partial charge in [-0.3, -0.25) is 0 Å². The second kappa shape index (κ2) is 7.38. The molecule has 1 aliphatic heterocycles. The third-order valence-electron chi connectivity index (χ3n) is 6.68. The molecule has 32 heavy (non-hydrogen) atoms. The molecular weight excluding hydrogens is 386 g/mol. The summed E-state index contributed by atoms with van der Waals surface area (Å²) in [6.45, 7) is 11.3. The lowest BCUT2D eigenvalue weighted by molar-refractivity contribution is 0.543. The van der Waals surface area contributed by atoms with Crippen LogP contribution in [0.2, 0.25) is 0 Å². The van der Waals surface area contributed by atoms with Crippen LogP contribution in [0.4, 0.5) is 11.4 Å². The van der Waals surface area contributed by atoms with Crippen LogP contribution in [0.15, 0.2) is 97.1 Å². The summed E-state index contributed by atoms with van der Waals surface area (Å²) in [5, 5.41) is 0. The van der Waals surface area contributed by atoms with Gasteiger partial charge in [-0.05, 0) is 69.0 Å². The number of anilines is 2. The quantitative estimate of drug-likeness (QED) is 0.320. The fraction of sp³-hybridized carbons (Fsp3) is 0.226. The smallest absolute Gasteiger partial charge is 0.0742 e. The van der Waals surface area contributed by atoms with Crippen molar-refractivity contribution in [3.63, 3.8) is 0 Å². The lowest BCUT2D eigenvalue weighted by atomic mass is 9.61. The van der Waals surface area contributed by atoms with Gasteiger partial charge in [-0.2, -0.15) is 0 Å². The van der Waals surface area contributed by atoms with E-state index in [2.05, 4.69) is 137 Å². The van der Waals surface area contributed by atoms with E-state index >= 15 is 0 Å². The average molecular weight is 418 g/mol. The molecule has 0 N–H and O–H groups in total. The van der Waals surface area contributed by atoms with Gasteiger partial charge in [0.25, 0.3) is 0 Å². The molecule has 0 spiro atoms. The van der Waals surface area contributed by atoms with Gasteiger partial charge in [0.1, 0.15) is 0 Å². The minimum Gasteiger partial charge on any atom is -0.336 e. The Morgan fingerprint density at radius 3 is 1.34 bits per heavy atom. The molecule has 0 fully saturated rings. The number of nitrogens with zero attached hydrogens (tertiary/aromatic N) is 1. The first kappa shape index (κ1) is 20.6. The molecule has 0 radical (unpaired) electrons. The standard InChI is InChI=1S/C31H31N/c1-22-16-18-28-26(20-22)31(24-12-8-6-9-13-24,25-14-10-7-11-15-25)27-21-23(2)17-19-29(27)32(28)30(3,4)5/h6-21H,1-5H3. The number of hydrogen-bond acceptors (Lipinski definition) is 1. The van der Waals surface area contributed by atoms with E-state index in [1.165, 1.54) is 44.8 Å². The maximum absolute atomic E-state index is 2.53. The van der Waals surface area contributed by atoms with Gasteiger partial charge < -0.3 is 4.90 Å². The Morgan fingerprint density at radius 2 is 0.969 bits per heavy atom. The molecule has 1 heterocycles. The molecule has 0 aliphatic carbocycles. The van der Waals surface area contributed by atoms with Crippen LogP contribution in [0.3, 0.4) is 0 Å². The van der Waals surface area contributed by atoms with E-state index in [0.29, 0.717) is 0 Å². The minimum atomic E-state index is -0.382. The highest BCUT2D eigenvalue weighted by molar-refractivity contribution is 5.84. The summed E-state index contributed by atoms with van der Waals surface area (Å²) in [7, 11) is 0. The van der Waals surface area contributed by atoms with Crippen molar-refractivity contribution in [2.75, 3.05) is 4.90 Å². The Morgan fingerprint density at radius 1 is 0.562 bits per heavy atom. The zero-order chi connectivity index (χ0) is 22.5. The van der Waals surface area contributed by atoms with Gasteiger partial charge in [0.15, 0.2) is 0 Å². The predicted octanol–water partition coefficient (Wildman–Crippen LogP) is 7.94. The van der Waals surface area contributed by atoms with Crippen molar-refractivity contribution in [2.45, 2.75) is 45.6 Å². The van der Waals surface area contributed by atoms with Crippen LogP contribution in [0.25, 0.3) is 0 Å². The summed E-state index contributed by atoms with van der Waals surface area (Å²) in [6, 6.07) is 36.0. The van der Waals surface area contributed by atoms with Gasteiger partial charge in [-0.15, -0.1) is 0 Å². The maximum atomic E-state index is 2.53. The first-order valence-corrected chi connectivity index (χ1v) is 11.5. The summed E-state index contributed by atoms with van der Waals surface area (Å²) >= 11 is 0. The molecule has 0 amide bonds. The normalized spacial score (nSPS) is 14.6. The molecule has 4 aromatic carbocycles. The molecule has 1 heteroatoms. The van der Waals surface area contributed by atoms with Gasteiger partial charge in [0.2, 0.25) is 0 Å². The lowest BCUT2D eigenvalue weighted by Gasteiger charge is -2.50. The molecule has 0 saturated heterocycles. The van der Waals surface area contributed by atoms with E-state index in [1.54, 1.807) is 0 Å². The number of hydrogen-bond donors (Lipinski definition) is 0. The Bertz CT molecular complexity index is 1170. The number of fused-ring (bicyclic) bond motifs is 2. The fourth-order valence-corrected chi connectivity index (χ4v) is 5.45. The van der Waals surface area contributed by atoms with Crippen molar-refractivity contribution in [3.05, 3.63) is 130 Å². The molecule has 0 unspecified atom stereocenters. The molecule has 5 rings (SSSR count). The Hall–Kier alpha value is -3.32. The zero-order valence-corrected chi connectivity index (χ0v) is 19.7. The van der Waals surface area contributed by atoms with Crippen LogP contribution in [0.1, 0.15) is 54.2 Å². The van der Waals surface area contributed by atoms with Crippen LogP contribution < -0.4 is 4.90 Å². The van der Waals surface area contributed by atoms with Crippen LogP contribution in [-0.4, -0.2) is 5.54 Å². The first-order valence-electron chi connectivity index (χ1n) is 11.5. The van der Waals surface area contributed by atoms with Gasteiger partial charge in [0, 0.05) is 16.9 Å². The topological polar surface area (TPSA) is 3.24 Å². The monoisotopic (exact) mass is 417 g/mol. The largest absolute Gasteiger partial charge is 0.336 e. The maximum Gasteiger partial charge on any atom is 0.0742 e. The van der Waals surface area contributed by atoms with E-state index < -0.39 is 0 Å². The highest BCUT2D eigenvalue weighted by Gasteiger charge is 2.47. The Balaban J connectivity index is 2.02. The average Bonchev–Trinajstić information content (AvgIpc) is 2.78. The Labute approximate surface area is 192 Å². The van der Waals surface area contributed by atoms with E-state index in [1.807, 2.05) is 0 Å². The third-order valence-corrected chi connectivity index (χ3v) is 6.68. The second-order valence-electron chi connectivity index (χ2n) is 10.0. The van der Waals surface area contributed by atoms with E-state index in [4.69, 9.17) is 0 Å². The second-order valence-corrected chi connectivity index (χ2v) is 10.0. The van der Waals surface area contributed by atoms with Gasteiger partial charge in [-0.25, -0.2) is 0 Å². The highest BCUT2D eigenvalue weighted by atomic mass is 15.2. The Kier molecular flexibility index (Phi) is 4.74. The molecule has 0 aromatic heterocycles. The summed E-state index contributed by atoms with van der Waals surface area (Å²) in [6.07, 6.45) is 0. The van der Waals surface area contributed by atoms with Crippen LogP contribution in [-0.2, 0) is 5.41 Å². The molecule has 0 bridgehead atoms. The van der Waals surface area contributed by atoms with E-state index in [9.17, 15) is 0 Å². The minimum absolute atomic E-state index is 0.0620. The molecule has 1 aliphatic rings. The lowest BCUT2D eigenvalue weighted by Crippen LogP contribution is -2.46. The van der Waals surface area contributed by atoms with Crippen molar-refractivity contribution < 1.29 is 0 Å². The van der Waals surface area contributed by atoms with Gasteiger partial charge >= 0.3 is 0 Å². The number of rotatable bonds is 2. The van der Waals surface area contributed by atoms with Crippen molar-refractivity contribution in [3.8, 4) is 0 Å². The summed E-state index contributed by atoms with van der Waals surface area (Å²) in [5.41, 5.74) is 10.00. The SMILES string of the molecule is Cc1ccc2c(c1)C(c1ccccc1)(c1ccccc1)c1cc(C)ccc1N2C(C)(C)C. The molecule has 0 saturated carbocycles. The van der Waals surface area contributed by atoms with E-state index in [0.717, 1.165) is 0 Å². The van der Waals surface area contributed by atoms with Crippen LogP contribution >= 0.6 is 0 Å². The molecule has 4 aromatic rings. The van der Waals surface area contributed by atoms with Crippen LogP contribution in [0, 0.1) is 13.8 Å². The van der Waals surface area contributed by atoms with Crippen molar-refractivity contribution in [1.82, 2.24) is 0 Å². The summed E-state index contributed by atoms with van der Waals surface area (Å²) < 4.78 is 0. The van der Waals surface area contributed by atoms with Gasteiger partial charge in [0.05, 0.1) is 5.41 Å². The van der Waals surface area contributed by atoms with Crippen molar-refractivity contribution >= 4 is 11.4 Å². The third kappa shape index (κ3) is 2.99. The fourth-order valence-electron chi connectivity index (χ4n) is 5.45. The van der Waals surface area contributed by atoms with Crippen molar-refractivity contribution in [2.24, 2.45) is 0 Å². The van der Waals surface area contributed by atoms with Crippen LogP contribution in [0.5, 0.6) is 0 Å². The number of benzene rings is 4. The first-order chi connectivity index (χ1) is 15.3. The van der Waals surface area contributed by atoms with E-state index in [-0.39, 0.29) is 11.0 Å². The van der Waals surface area contributed by atoms with Gasteiger partial charge in [-0.1, -0.05) is 96.1 Å². The molecule has 1 nitrogen and oxygen atoms in total. The predicted molar refractivity (Wildman–Crippen MR) is 136 cm³/mol. The zero-order valence-electron chi connectivity index (χ0n) is 19.7. The highest BCUT2D eigenvalue weighted by Crippen LogP contribution is 2.57. The van der Waals surface area contributed by atoms with Crippen molar-refractivity contribution in [1.29, 1.82) is 0 Å². The summed E-state index contributed by atoms with van der Waals surface area (Å²) in [4.78, 5) is 2.53. The number of aryl methyl sites for hydroxylation is 2.